The van der Waals surface area contributed by atoms with Crippen molar-refractivity contribution in [1.29, 1.82) is 0 Å². The number of nitrogens with zero attached hydrogens (tertiary/aromatic N) is 1. The summed E-state index contributed by atoms with van der Waals surface area (Å²) in [4.78, 5) is 23.0. The number of aliphatic hydroxyl groups excluding tert-OH is 1. The lowest BCUT2D eigenvalue weighted by Crippen LogP contribution is -2.45. The molecule has 0 heterocycles. The van der Waals surface area contributed by atoms with Gasteiger partial charge in [0.2, 0.25) is 5.91 Å². The minimum absolute atomic E-state index is 0.0421. The highest BCUT2D eigenvalue weighted by Crippen LogP contribution is 2.43. The Bertz CT molecular complexity index is 1270. The lowest BCUT2D eigenvalue weighted by Gasteiger charge is -2.25. The van der Waals surface area contributed by atoms with Gasteiger partial charge in [0.05, 0.1) is 39.9 Å². The lowest BCUT2D eigenvalue weighted by molar-refractivity contribution is -0.870. The van der Waals surface area contributed by atoms with Crippen LogP contribution in [0.4, 0.5) is 0 Å². The van der Waals surface area contributed by atoms with Crippen LogP contribution in [-0.2, 0) is 18.4 Å². The first-order valence-electron chi connectivity index (χ1n) is 21.3. The van der Waals surface area contributed by atoms with Crippen molar-refractivity contribution < 1.29 is 32.9 Å². The third-order valence-electron chi connectivity index (χ3n) is 8.48. The normalized spacial score (nSPS) is 15.5. The van der Waals surface area contributed by atoms with E-state index in [2.05, 4.69) is 116 Å². The zero-order valence-corrected chi connectivity index (χ0v) is 36.7. The maximum absolute atomic E-state index is 12.8. The van der Waals surface area contributed by atoms with Gasteiger partial charge in [-0.3, -0.25) is 13.8 Å². The van der Waals surface area contributed by atoms with Crippen LogP contribution in [0.1, 0.15) is 129 Å². The molecule has 0 radical (unpaired) electrons. The Morgan fingerprint density at radius 2 is 1.09 bits per heavy atom. The highest BCUT2D eigenvalue weighted by atomic mass is 31.2. The number of quaternary nitrogens is 1. The van der Waals surface area contributed by atoms with Crippen LogP contribution in [0.25, 0.3) is 0 Å². The standard InChI is InChI=1S/C47H79N2O6P/c1-6-8-10-12-14-16-17-18-19-20-21-22-23-24-25-26-27-28-29-30-31-33-35-37-39-41-47(51)48-45(44-55-56(52,53)54-43-42-49(3,4)5)46(50)40-38-36-34-32-15-13-11-9-7-2/h8,10,14-16,18-19,21-22,24-25,27-28,30-32,38,40,45-46,50H,6-7,9,11-13,17,20,23,26,29,33-37,39,41-44H2,1-5H3,(H-,48,51,52,53)/p+1/b10-8-,16-14-,19-18-,22-21-,25-24-,28-27-,31-30-,32-15+,40-38+. The van der Waals surface area contributed by atoms with Gasteiger partial charge in [-0.05, 0) is 89.9 Å². The predicted octanol–water partition coefficient (Wildman–Crippen LogP) is 11.7. The van der Waals surface area contributed by atoms with E-state index in [9.17, 15) is 19.4 Å². The number of unbranched alkanes of at least 4 members (excludes halogenated alkanes) is 7. The Morgan fingerprint density at radius 3 is 1.61 bits per heavy atom. The van der Waals surface area contributed by atoms with Crippen molar-refractivity contribution in [3.05, 3.63) is 109 Å². The van der Waals surface area contributed by atoms with E-state index < -0.39 is 20.0 Å². The van der Waals surface area contributed by atoms with Crippen LogP contribution in [0.15, 0.2) is 109 Å². The summed E-state index contributed by atoms with van der Waals surface area (Å²) in [6.45, 7) is 4.55. The van der Waals surface area contributed by atoms with Crippen LogP contribution >= 0.6 is 7.82 Å². The van der Waals surface area contributed by atoms with E-state index in [-0.39, 0.29) is 19.1 Å². The van der Waals surface area contributed by atoms with Gasteiger partial charge in [0.1, 0.15) is 13.2 Å². The molecule has 56 heavy (non-hydrogen) atoms. The van der Waals surface area contributed by atoms with Crippen molar-refractivity contribution in [2.75, 3.05) is 40.9 Å². The number of phosphoric ester groups is 1. The Kier molecular flexibility index (Phi) is 35.8. The minimum Gasteiger partial charge on any atom is -0.387 e. The SMILES string of the molecule is CC/C=C\C/C=C\C/C=C\C/C=C\C/C=C\C/C=C\C/C=C\CCCCCC(=O)NC(COP(=O)(O)OCC[N+](C)(C)C)C(O)/C=C/CC/C=C/CCCCC. The molecular weight excluding hydrogens is 719 g/mol. The van der Waals surface area contributed by atoms with E-state index in [1.54, 1.807) is 6.08 Å². The maximum atomic E-state index is 12.8. The molecule has 3 unspecified atom stereocenters. The summed E-state index contributed by atoms with van der Waals surface area (Å²) in [5.41, 5.74) is 0. The largest absolute Gasteiger partial charge is 0.472 e. The molecule has 0 saturated heterocycles. The Balaban J connectivity index is 4.43. The predicted molar refractivity (Wildman–Crippen MR) is 239 cm³/mol. The molecule has 1 amide bonds. The molecule has 0 aliphatic rings. The van der Waals surface area contributed by atoms with E-state index in [0.29, 0.717) is 23.9 Å². The van der Waals surface area contributed by atoms with Crippen molar-refractivity contribution >= 4 is 13.7 Å². The van der Waals surface area contributed by atoms with E-state index in [1.165, 1.54) is 19.3 Å². The monoisotopic (exact) mass is 800 g/mol. The first-order chi connectivity index (χ1) is 27.0. The number of nitrogens with one attached hydrogen (secondary N) is 1. The van der Waals surface area contributed by atoms with Crippen molar-refractivity contribution in [3.8, 4) is 0 Å². The second-order valence-corrected chi connectivity index (χ2v) is 16.4. The van der Waals surface area contributed by atoms with E-state index in [0.717, 1.165) is 83.5 Å². The molecule has 0 aromatic heterocycles. The average molecular weight is 800 g/mol. The fourth-order valence-electron chi connectivity index (χ4n) is 5.09. The smallest absolute Gasteiger partial charge is 0.387 e. The molecule has 0 aromatic rings. The molecule has 8 nitrogen and oxygen atoms in total. The van der Waals surface area contributed by atoms with Crippen LogP contribution in [0, 0.1) is 0 Å². The highest BCUT2D eigenvalue weighted by Gasteiger charge is 2.27. The Labute approximate surface area is 342 Å². The summed E-state index contributed by atoms with van der Waals surface area (Å²) in [5.74, 6) is -0.229. The van der Waals surface area contributed by atoms with Gasteiger partial charge >= 0.3 is 7.82 Å². The molecule has 3 atom stereocenters. The summed E-state index contributed by atoms with van der Waals surface area (Å²) in [5, 5.41) is 13.7. The number of rotatable bonds is 36. The minimum atomic E-state index is -4.36. The summed E-state index contributed by atoms with van der Waals surface area (Å²) >= 11 is 0. The summed E-state index contributed by atoms with van der Waals surface area (Å²) in [6, 6.07) is -0.886. The number of amides is 1. The lowest BCUT2D eigenvalue weighted by atomic mass is 10.1. The van der Waals surface area contributed by atoms with Gasteiger partial charge in [0.25, 0.3) is 0 Å². The molecular formula is C47H80N2O6P+. The molecule has 3 N–H and O–H groups in total. The zero-order valence-electron chi connectivity index (χ0n) is 35.8. The van der Waals surface area contributed by atoms with Crippen LogP contribution in [0.5, 0.6) is 0 Å². The van der Waals surface area contributed by atoms with Gasteiger partial charge < -0.3 is 19.8 Å². The Morgan fingerprint density at radius 1 is 0.625 bits per heavy atom. The second-order valence-electron chi connectivity index (χ2n) is 15.0. The molecule has 318 valence electrons. The molecule has 0 aliphatic carbocycles. The van der Waals surface area contributed by atoms with Crippen molar-refractivity contribution in [2.24, 2.45) is 0 Å². The topological polar surface area (TPSA) is 105 Å². The zero-order chi connectivity index (χ0) is 41.4. The first kappa shape index (κ1) is 53.2. The van der Waals surface area contributed by atoms with E-state index in [4.69, 9.17) is 9.05 Å². The van der Waals surface area contributed by atoms with Gasteiger partial charge in [0.15, 0.2) is 0 Å². The highest BCUT2D eigenvalue weighted by molar-refractivity contribution is 7.47. The second kappa shape index (κ2) is 37.7. The van der Waals surface area contributed by atoms with Crippen LogP contribution < -0.4 is 5.32 Å². The van der Waals surface area contributed by atoms with Gasteiger partial charge in [0, 0.05) is 6.42 Å². The van der Waals surface area contributed by atoms with Gasteiger partial charge in [-0.25, -0.2) is 4.57 Å². The number of hydrogen-bond acceptors (Lipinski definition) is 5. The molecule has 0 bridgehead atoms. The molecule has 9 heteroatoms. The number of allylic oxidation sites excluding steroid dienone is 17. The Hall–Kier alpha value is -2.84. The van der Waals surface area contributed by atoms with Gasteiger partial charge in [-0.15, -0.1) is 0 Å². The third kappa shape index (κ3) is 39.4. The van der Waals surface area contributed by atoms with Crippen molar-refractivity contribution in [1.82, 2.24) is 5.32 Å². The average Bonchev–Trinajstić information content (AvgIpc) is 3.15. The molecule has 0 rings (SSSR count). The molecule has 0 aliphatic heterocycles. The molecule has 0 saturated carbocycles. The number of carbonyl (C=O) groups excluding carboxylic acids is 1. The number of phosphoric acid groups is 1. The molecule has 0 fully saturated rings. The van der Waals surface area contributed by atoms with Crippen LogP contribution in [0.3, 0.4) is 0 Å². The number of carbonyl (C=O) groups is 1. The van der Waals surface area contributed by atoms with Gasteiger partial charge in [-0.2, -0.15) is 0 Å². The summed E-state index contributed by atoms with van der Waals surface area (Å²) < 4.78 is 23.4. The van der Waals surface area contributed by atoms with Gasteiger partial charge in [-0.1, -0.05) is 142 Å². The first-order valence-corrected chi connectivity index (χ1v) is 22.8. The van der Waals surface area contributed by atoms with E-state index >= 15 is 0 Å². The van der Waals surface area contributed by atoms with E-state index in [1.807, 2.05) is 27.2 Å². The molecule has 0 spiro atoms. The maximum Gasteiger partial charge on any atom is 0.472 e. The van der Waals surface area contributed by atoms with Crippen molar-refractivity contribution in [3.63, 3.8) is 0 Å². The fourth-order valence-corrected chi connectivity index (χ4v) is 5.83. The van der Waals surface area contributed by atoms with Crippen LogP contribution in [0.2, 0.25) is 0 Å². The number of likely N-dealkylation sites (N-methyl/N-ethyl adjacent to an activating group) is 1. The quantitative estimate of drug-likeness (QED) is 0.0252. The number of aliphatic hydroxyl groups is 1. The third-order valence-corrected chi connectivity index (χ3v) is 9.46. The summed E-state index contributed by atoms with van der Waals surface area (Å²) in [7, 11) is 1.50. The fraction of sp³-hybridized carbons (Fsp3) is 0.596. The number of hydrogen-bond donors (Lipinski definition) is 3. The van der Waals surface area contributed by atoms with Crippen molar-refractivity contribution in [2.45, 2.75) is 142 Å². The molecule has 0 aromatic carbocycles. The summed E-state index contributed by atoms with van der Waals surface area (Å²) in [6.07, 6.45) is 54.6. The van der Waals surface area contributed by atoms with Crippen LogP contribution in [-0.4, -0.2) is 73.4 Å².